The third kappa shape index (κ3) is 2.78. The maximum Gasteiger partial charge on any atom is 0.0234 e. The van der Waals surface area contributed by atoms with Gasteiger partial charge in [0.15, 0.2) is 0 Å². The second-order valence-electron chi connectivity index (χ2n) is 6.22. The summed E-state index contributed by atoms with van der Waals surface area (Å²) in [7, 11) is 0. The van der Waals surface area contributed by atoms with Crippen molar-refractivity contribution < 1.29 is 0 Å². The first-order valence-corrected chi connectivity index (χ1v) is 6.41. The Labute approximate surface area is 105 Å². The summed E-state index contributed by atoms with van der Waals surface area (Å²) >= 11 is 0. The lowest BCUT2D eigenvalue weighted by atomic mass is 9.73. The molecule has 0 spiro atoms. The Balaban J connectivity index is 2.39. The molecule has 17 heavy (non-hydrogen) atoms. The van der Waals surface area contributed by atoms with E-state index in [9.17, 15) is 0 Å². The zero-order valence-corrected chi connectivity index (χ0v) is 11.4. The van der Waals surface area contributed by atoms with Crippen LogP contribution < -0.4 is 5.73 Å². The molecule has 1 nitrogen and oxygen atoms in total. The second-order valence-corrected chi connectivity index (χ2v) is 6.22. The van der Waals surface area contributed by atoms with Gasteiger partial charge in [-0.05, 0) is 48.8 Å². The van der Waals surface area contributed by atoms with Crippen LogP contribution in [0.1, 0.15) is 43.4 Å². The van der Waals surface area contributed by atoms with Crippen molar-refractivity contribution in [1.82, 2.24) is 0 Å². The Morgan fingerprint density at radius 2 is 1.94 bits per heavy atom. The lowest BCUT2D eigenvalue weighted by Crippen LogP contribution is -2.30. The largest absolute Gasteiger partial charge is 0.324 e. The van der Waals surface area contributed by atoms with Crippen LogP contribution in [-0.4, -0.2) is 6.04 Å². The minimum absolute atomic E-state index is 0.203. The van der Waals surface area contributed by atoms with Crippen LogP contribution in [0.5, 0.6) is 0 Å². The van der Waals surface area contributed by atoms with Crippen molar-refractivity contribution in [3.63, 3.8) is 0 Å². The third-order valence-corrected chi connectivity index (χ3v) is 3.60. The van der Waals surface area contributed by atoms with Gasteiger partial charge in [0.05, 0.1) is 0 Å². The summed E-state index contributed by atoms with van der Waals surface area (Å²) in [5, 5.41) is 0. The van der Waals surface area contributed by atoms with Crippen LogP contribution in [0.25, 0.3) is 5.57 Å². The van der Waals surface area contributed by atoms with Crippen molar-refractivity contribution >= 4 is 5.57 Å². The molecule has 0 aromatic heterocycles. The first-order valence-electron chi connectivity index (χ1n) is 6.41. The van der Waals surface area contributed by atoms with Crippen LogP contribution in [-0.2, 0) is 0 Å². The molecule has 1 heteroatoms. The number of hydrogen-bond acceptors (Lipinski definition) is 1. The van der Waals surface area contributed by atoms with Crippen molar-refractivity contribution in [1.29, 1.82) is 0 Å². The lowest BCUT2D eigenvalue weighted by molar-refractivity contribution is 0.318. The Bertz CT molecular complexity index is 455. The van der Waals surface area contributed by atoms with E-state index in [0.717, 1.165) is 12.8 Å². The van der Waals surface area contributed by atoms with Gasteiger partial charge in [-0.1, -0.05) is 43.7 Å². The molecule has 0 bridgehead atoms. The maximum absolute atomic E-state index is 6.14. The minimum Gasteiger partial charge on any atom is -0.324 e. The standard InChI is InChI=1S/C16H23N/c1-11-5-6-15(12(2)7-11)13-8-14(17)10-16(3,4)9-13/h5-8,14H,9-10,17H2,1-4H3. The Morgan fingerprint density at radius 3 is 2.53 bits per heavy atom. The maximum atomic E-state index is 6.14. The minimum atomic E-state index is 0.203. The van der Waals surface area contributed by atoms with Crippen LogP contribution in [0.3, 0.4) is 0 Å². The topological polar surface area (TPSA) is 26.0 Å². The zero-order chi connectivity index (χ0) is 12.6. The van der Waals surface area contributed by atoms with Crippen molar-refractivity contribution in [2.24, 2.45) is 11.1 Å². The van der Waals surface area contributed by atoms with Crippen molar-refractivity contribution in [2.75, 3.05) is 0 Å². The Kier molecular flexibility index (Phi) is 3.13. The number of benzene rings is 1. The van der Waals surface area contributed by atoms with Gasteiger partial charge in [0.1, 0.15) is 0 Å². The highest BCUT2D eigenvalue weighted by Gasteiger charge is 2.27. The predicted octanol–water partition coefficient (Wildman–Crippen LogP) is 3.83. The molecule has 0 radical (unpaired) electrons. The molecule has 0 saturated carbocycles. The monoisotopic (exact) mass is 229 g/mol. The van der Waals surface area contributed by atoms with E-state index in [1.165, 1.54) is 22.3 Å². The van der Waals surface area contributed by atoms with Crippen molar-refractivity contribution in [3.8, 4) is 0 Å². The fourth-order valence-electron chi connectivity index (χ4n) is 2.96. The average Bonchev–Trinajstić information content (AvgIpc) is 2.13. The zero-order valence-electron chi connectivity index (χ0n) is 11.4. The summed E-state index contributed by atoms with van der Waals surface area (Å²) < 4.78 is 0. The number of allylic oxidation sites excluding steroid dienone is 1. The molecule has 0 heterocycles. The van der Waals surface area contributed by atoms with Crippen LogP contribution in [0.2, 0.25) is 0 Å². The molecule has 1 unspecified atom stereocenters. The molecule has 0 amide bonds. The fraction of sp³-hybridized carbons (Fsp3) is 0.500. The predicted molar refractivity (Wildman–Crippen MR) is 74.9 cm³/mol. The molecular weight excluding hydrogens is 206 g/mol. The van der Waals surface area contributed by atoms with E-state index < -0.39 is 0 Å². The van der Waals surface area contributed by atoms with Crippen LogP contribution in [0.4, 0.5) is 0 Å². The summed E-state index contributed by atoms with van der Waals surface area (Å²) in [6.45, 7) is 8.95. The van der Waals surface area contributed by atoms with Crippen LogP contribution >= 0.6 is 0 Å². The highest BCUT2D eigenvalue weighted by Crippen LogP contribution is 2.39. The van der Waals surface area contributed by atoms with Gasteiger partial charge in [-0.2, -0.15) is 0 Å². The summed E-state index contributed by atoms with van der Waals surface area (Å²) in [6.07, 6.45) is 4.47. The van der Waals surface area contributed by atoms with Crippen LogP contribution in [0, 0.1) is 19.3 Å². The molecule has 2 rings (SSSR count). The summed E-state index contributed by atoms with van der Waals surface area (Å²) in [4.78, 5) is 0. The van der Waals surface area contributed by atoms with Gasteiger partial charge in [-0.15, -0.1) is 0 Å². The summed E-state index contributed by atoms with van der Waals surface area (Å²) in [6, 6.07) is 6.89. The van der Waals surface area contributed by atoms with Gasteiger partial charge < -0.3 is 5.73 Å². The molecule has 1 atom stereocenters. The molecule has 1 aliphatic carbocycles. The van der Waals surface area contributed by atoms with Crippen LogP contribution in [0.15, 0.2) is 24.3 Å². The first-order chi connectivity index (χ1) is 7.87. The Morgan fingerprint density at radius 1 is 1.24 bits per heavy atom. The smallest absolute Gasteiger partial charge is 0.0234 e. The molecule has 0 saturated heterocycles. The van der Waals surface area contributed by atoms with Gasteiger partial charge in [-0.25, -0.2) is 0 Å². The number of aryl methyl sites for hydroxylation is 2. The fourth-order valence-corrected chi connectivity index (χ4v) is 2.96. The number of hydrogen-bond donors (Lipinski definition) is 1. The second kappa shape index (κ2) is 4.30. The molecule has 1 aliphatic rings. The van der Waals surface area contributed by atoms with E-state index in [0.29, 0.717) is 5.41 Å². The third-order valence-electron chi connectivity index (χ3n) is 3.60. The van der Waals surface area contributed by atoms with Gasteiger partial charge in [0.2, 0.25) is 0 Å². The Hall–Kier alpha value is -1.08. The average molecular weight is 229 g/mol. The van der Waals surface area contributed by atoms with E-state index >= 15 is 0 Å². The molecular formula is C16H23N. The number of rotatable bonds is 1. The molecule has 92 valence electrons. The SMILES string of the molecule is Cc1ccc(C2=CC(N)CC(C)(C)C2)c(C)c1. The van der Waals surface area contributed by atoms with Crippen molar-refractivity contribution in [2.45, 2.75) is 46.6 Å². The first kappa shape index (κ1) is 12.4. The van der Waals surface area contributed by atoms with E-state index in [1.807, 2.05) is 0 Å². The van der Waals surface area contributed by atoms with E-state index in [4.69, 9.17) is 5.73 Å². The molecule has 0 fully saturated rings. The van der Waals surface area contributed by atoms with E-state index in [2.05, 4.69) is 52.0 Å². The summed E-state index contributed by atoms with van der Waals surface area (Å²) in [5.41, 5.74) is 11.9. The highest BCUT2D eigenvalue weighted by atomic mass is 14.6. The highest BCUT2D eigenvalue weighted by molar-refractivity contribution is 5.70. The summed E-state index contributed by atoms with van der Waals surface area (Å²) in [5.74, 6) is 0. The molecule has 2 N–H and O–H groups in total. The van der Waals surface area contributed by atoms with Gasteiger partial charge >= 0.3 is 0 Å². The lowest BCUT2D eigenvalue weighted by Gasteiger charge is -2.33. The van der Waals surface area contributed by atoms with Gasteiger partial charge in [-0.3, -0.25) is 0 Å². The molecule has 1 aromatic rings. The van der Waals surface area contributed by atoms with Crippen molar-refractivity contribution in [3.05, 3.63) is 41.0 Å². The van der Waals surface area contributed by atoms with E-state index in [-0.39, 0.29) is 6.04 Å². The number of nitrogens with two attached hydrogens (primary N) is 1. The van der Waals surface area contributed by atoms with E-state index in [1.54, 1.807) is 0 Å². The molecule has 1 aromatic carbocycles. The van der Waals surface area contributed by atoms with Gasteiger partial charge in [0.25, 0.3) is 0 Å². The van der Waals surface area contributed by atoms with Gasteiger partial charge in [0, 0.05) is 6.04 Å². The quantitative estimate of drug-likeness (QED) is 0.778. The normalized spacial score (nSPS) is 23.4. The molecule has 0 aliphatic heterocycles.